The van der Waals surface area contributed by atoms with Crippen LogP contribution in [0.4, 0.5) is 0 Å². The molecule has 0 radical (unpaired) electrons. The minimum atomic E-state index is -3.76. The van der Waals surface area contributed by atoms with Crippen LogP contribution in [0.3, 0.4) is 0 Å². The van der Waals surface area contributed by atoms with Crippen LogP contribution in [0.2, 0.25) is 5.02 Å². The number of rotatable bonds is 7. The molecule has 0 aliphatic carbocycles. The molecule has 1 saturated heterocycles. The minimum absolute atomic E-state index is 0.136. The van der Waals surface area contributed by atoms with Crippen LogP contribution in [0.15, 0.2) is 53.4 Å². The average molecular weight is 437 g/mol. The lowest BCUT2D eigenvalue weighted by atomic mass is 10.2. The summed E-state index contributed by atoms with van der Waals surface area (Å²) in [7, 11) is -3.76. The SMILES string of the molecule is Cc1ccc(OC[C@H](C)NC(=O)[C@H]2CCCN2S(=O)(=O)c2ccc(Cl)cc2)cc1. The van der Waals surface area contributed by atoms with Crippen molar-refractivity contribution in [3.8, 4) is 5.75 Å². The zero-order valence-corrected chi connectivity index (χ0v) is 18.0. The molecular weight excluding hydrogens is 412 g/mol. The molecule has 2 atom stereocenters. The standard InChI is InChI=1S/C21H25ClN2O4S/c1-15-5-9-18(10-6-15)28-14-16(2)23-21(25)20-4-3-13-24(20)29(26,27)19-11-7-17(22)8-12-19/h5-12,16,20H,3-4,13-14H2,1-2H3,(H,23,25)/t16-,20+/m0/s1. The number of amides is 1. The number of aryl methyl sites for hydroxylation is 1. The van der Waals surface area contributed by atoms with E-state index in [-0.39, 0.29) is 16.8 Å². The molecule has 2 aromatic carbocycles. The van der Waals surface area contributed by atoms with E-state index in [1.165, 1.54) is 28.6 Å². The Morgan fingerprint density at radius 2 is 1.86 bits per heavy atom. The number of ether oxygens (including phenoxy) is 1. The molecule has 0 bridgehead atoms. The molecule has 0 aromatic heterocycles. The number of carbonyl (C=O) groups excluding carboxylic acids is 1. The van der Waals surface area contributed by atoms with E-state index in [2.05, 4.69) is 5.32 Å². The van der Waals surface area contributed by atoms with Gasteiger partial charge in [0.15, 0.2) is 0 Å². The number of nitrogens with one attached hydrogen (secondary N) is 1. The van der Waals surface area contributed by atoms with Crippen LogP contribution in [0.5, 0.6) is 5.75 Å². The monoisotopic (exact) mass is 436 g/mol. The largest absolute Gasteiger partial charge is 0.491 e. The first kappa shape index (κ1) is 21.6. The Morgan fingerprint density at radius 1 is 1.21 bits per heavy atom. The van der Waals surface area contributed by atoms with Gasteiger partial charge in [0.2, 0.25) is 15.9 Å². The van der Waals surface area contributed by atoms with Crippen molar-refractivity contribution in [3.63, 3.8) is 0 Å². The van der Waals surface area contributed by atoms with E-state index in [1.54, 1.807) is 0 Å². The Bertz CT molecular complexity index is 946. The second kappa shape index (κ2) is 9.15. The number of hydrogen-bond acceptors (Lipinski definition) is 4. The third-order valence-electron chi connectivity index (χ3n) is 4.84. The van der Waals surface area contributed by atoms with E-state index in [0.717, 1.165) is 11.3 Å². The molecule has 8 heteroatoms. The van der Waals surface area contributed by atoms with E-state index in [0.29, 0.717) is 31.0 Å². The molecule has 2 aromatic rings. The number of hydrogen-bond donors (Lipinski definition) is 1. The summed E-state index contributed by atoms with van der Waals surface area (Å²) in [6.07, 6.45) is 1.13. The Morgan fingerprint density at radius 3 is 2.52 bits per heavy atom. The second-order valence-electron chi connectivity index (χ2n) is 7.26. The van der Waals surface area contributed by atoms with Gasteiger partial charge < -0.3 is 10.1 Å². The van der Waals surface area contributed by atoms with Gasteiger partial charge >= 0.3 is 0 Å². The molecule has 1 fully saturated rings. The lowest BCUT2D eigenvalue weighted by Crippen LogP contribution is -2.49. The predicted molar refractivity (Wildman–Crippen MR) is 113 cm³/mol. The van der Waals surface area contributed by atoms with Crippen molar-refractivity contribution in [2.45, 2.75) is 43.7 Å². The highest BCUT2D eigenvalue weighted by molar-refractivity contribution is 7.89. The number of carbonyl (C=O) groups is 1. The summed E-state index contributed by atoms with van der Waals surface area (Å²) < 4.78 is 32.9. The maximum absolute atomic E-state index is 13.0. The van der Waals surface area contributed by atoms with E-state index in [9.17, 15) is 13.2 Å². The van der Waals surface area contributed by atoms with Crippen LogP contribution in [-0.4, -0.2) is 43.9 Å². The lowest BCUT2D eigenvalue weighted by Gasteiger charge is -2.25. The number of sulfonamides is 1. The molecular formula is C21H25ClN2O4S. The van der Waals surface area contributed by atoms with Crippen molar-refractivity contribution >= 4 is 27.5 Å². The summed E-state index contributed by atoms with van der Waals surface area (Å²) in [5.74, 6) is 0.421. The molecule has 29 heavy (non-hydrogen) atoms. The van der Waals surface area contributed by atoms with Gasteiger partial charge in [0.05, 0.1) is 10.9 Å². The summed E-state index contributed by atoms with van der Waals surface area (Å²) in [4.78, 5) is 12.9. The molecule has 156 valence electrons. The highest BCUT2D eigenvalue weighted by Gasteiger charge is 2.39. The fraction of sp³-hybridized carbons (Fsp3) is 0.381. The number of halogens is 1. The lowest BCUT2D eigenvalue weighted by molar-refractivity contribution is -0.125. The Kier molecular flexibility index (Phi) is 6.82. The molecule has 1 heterocycles. The first-order valence-corrected chi connectivity index (χ1v) is 11.4. The Hall–Kier alpha value is -2.09. The number of benzene rings is 2. The van der Waals surface area contributed by atoms with Crippen LogP contribution < -0.4 is 10.1 Å². The Labute approximate surface area is 176 Å². The normalized spacial score (nSPS) is 18.4. The molecule has 0 spiro atoms. The third kappa shape index (κ3) is 5.29. The molecule has 3 rings (SSSR count). The van der Waals surface area contributed by atoms with E-state index < -0.39 is 16.1 Å². The molecule has 0 unspecified atom stereocenters. The third-order valence-corrected chi connectivity index (χ3v) is 7.01. The van der Waals surface area contributed by atoms with Gasteiger partial charge in [-0.25, -0.2) is 8.42 Å². The zero-order valence-electron chi connectivity index (χ0n) is 16.5. The van der Waals surface area contributed by atoms with Gasteiger partial charge in [-0.2, -0.15) is 4.31 Å². The first-order chi connectivity index (χ1) is 13.8. The molecule has 1 aliphatic rings. The summed E-state index contributed by atoms with van der Waals surface area (Å²) in [5.41, 5.74) is 1.14. The van der Waals surface area contributed by atoms with Gasteiger partial charge in [-0.15, -0.1) is 0 Å². The highest BCUT2D eigenvalue weighted by atomic mass is 35.5. The van der Waals surface area contributed by atoms with Crippen LogP contribution in [0.25, 0.3) is 0 Å². The van der Waals surface area contributed by atoms with Gasteiger partial charge in [-0.05, 0) is 63.1 Å². The van der Waals surface area contributed by atoms with Crippen LogP contribution in [0.1, 0.15) is 25.3 Å². The predicted octanol–water partition coefficient (Wildman–Crippen LogP) is 3.39. The van der Waals surface area contributed by atoms with Crippen molar-refractivity contribution < 1.29 is 17.9 Å². The summed E-state index contributed by atoms with van der Waals surface area (Å²) in [5, 5.41) is 3.34. The van der Waals surface area contributed by atoms with Gasteiger partial charge in [-0.3, -0.25) is 4.79 Å². The van der Waals surface area contributed by atoms with E-state index in [4.69, 9.17) is 16.3 Å². The number of nitrogens with zero attached hydrogens (tertiary/aromatic N) is 1. The summed E-state index contributed by atoms with van der Waals surface area (Å²) in [6, 6.07) is 12.7. The average Bonchev–Trinajstić information content (AvgIpc) is 3.19. The van der Waals surface area contributed by atoms with Crippen molar-refractivity contribution in [2.24, 2.45) is 0 Å². The molecule has 1 amide bonds. The van der Waals surface area contributed by atoms with Crippen LogP contribution in [-0.2, 0) is 14.8 Å². The van der Waals surface area contributed by atoms with E-state index in [1.807, 2.05) is 38.1 Å². The topological polar surface area (TPSA) is 75.7 Å². The molecule has 1 N–H and O–H groups in total. The van der Waals surface area contributed by atoms with Crippen molar-refractivity contribution in [2.75, 3.05) is 13.2 Å². The zero-order chi connectivity index (χ0) is 21.0. The fourth-order valence-electron chi connectivity index (χ4n) is 3.27. The summed E-state index contributed by atoms with van der Waals surface area (Å²) >= 11 is 5.86. The van der Waals surface area contributed by atoms with Crippen molar-refractivity contribution in [3.05, 3.63) is 59.1 Å². The smallest absolute Gasteiger partial charge is 0.243 e. The first-order valence-electron chi connectivity index (χ1n) is 9.54. The minimum Gasteiger partial charge on any atom is -0.491 e. The van der Waals surface area contributed by atoms with Gasteiger partial charge in [0.25, 0.3) is 0 Å². The van der Waals surface area contributed by atoms with Crippen molar-refractivity contribution in [1.29, 1.82) is 0 Å². The maximum Gasteiger partial charge on any atom is 0.243 e. The van der Waals surface area contributed by atoms with Crippen LogP contribution in [0, 0.1) is 6.92 Å². The van der Waals surface area contributed by atoms with E-state index >= 15 is 0 Å². The molecule has 1 aliphatic heterocycles. The Balaban J connectivity index is 1.61. The van der Waals surface area contributed by atoms with Gasteiger partial charge in [0, 0.05) is 11.6 Å². The van der Waals surface area contributed by atoms with Gasteiger partial charge in [0.1, 0.15) is 18.4 Å². The summed E-state index contributed by atoms with van der Waals surface area (Å²) in [6.45, 7) is 4.44. The van der Waals surface area contributed by atoms with Crippen molar-refractivity contribution in [1.82, 2.24) is 9.62 Å². The van der Waals surface area contributed by atoms with Crippen LogP contribution >= 0.6 is 11.6 Å². The fourth-order valence-corrected chi connectivity index (χ4v) is 5.05. The molecule has 0 saturated carbocycles. The maximum atomic E-state index is 13.0. The van der Waals surface area contributed by atoms with Gasteiger partial charge in [-0.1, -0.05) is 29.3 Å². The quantitative estimate of drug-likeness (QED) is 0.721. The highest BCUT2D eigenvalue weighted by Crippen LogP contribution is 2.27. The molecule has 6 nitrogen and oxygen atoms in total. The second-order valence-corrected chi connectivity index (χ2v) is 9.59.